The van der Waals surface area contributed by atoms with Crippen LogP contribution in [0.25, 0.3) is 10.9 Å². The molecule has 4 aromatic rings. The number of rotatable bonds is 4. The van der Waals surface area contributed by atoms with Crippen LogP contribution in [0.5, 0.6) is 0 Å². The van der Waals surface area contributed by atoms with Crippen molar-refractivity contribution in [3.05, 3.63) is 101 Å². The number of fused-ring (bicyclic) bond motifs is 1. The lowest BCUT2D eigenvalue weighted by molar-refractivity contribution is 0.103. The molecule has 0 unspecified atom stereocenters. The van der Waals surface area contributed by atoms with Gasteiger partial charge in [-0.1, -0.05) is 65.7 Å². The smallest absolute Gasteiger partial charge is 0.268 e. The Bertz CT molecular complexity index is 1290. The molecule has 0 aliphatic rings. The second-order valence-corrected chi connectivity index (χ2v) is 8.73. The van der Waals surface area contributed by atoms with Gasteiger partial charge in [-0.3, -0.25) is 4.79 Å². The zero-order valence-electron chi connectivity index (χ0n) is 15.0. The molecule has 0 saturated heterocycles. The highest BCUT2D eigenvalue weighted by molar-refractivity contribution is 7.90. The van der Waals surface area contributed by atoms with Crippen molar-refractivity contribution in [3.63, 3.8) is 0 Å². The predicted octanol–water partition coefficient (Wildman–Crippen LogP) is 5.07. The van der Waals surface area contributed by atoms with Gasteiger partial charge in [-0.25, -0.2) is 12.4 Å². The van der Waals surface area contributed by atoms with E-state index in [1.807, 2.05) is 19.1 Å². The third-order valence-corrected chi connectivity index (χ3v) is 6.53. The normalized spacial score (nSPS) is 11.6. The first-order valence-electron chi connectivity index (χ1n) is 8.61. The third kappa shape index (κ3) is 3.13. The van der Waals surface area contributed by atoms with Crippen LogP contribution in [0.3, 0.4) is 0 Å². The Morgan fingerprint density at radius 3 is 2.25 bits per heavy atom. The van der Waals surface area contributed by atoms with E-state index in [1.54, 1.807) is 54.6 Å². The molecule has 0 aliphatic carbocycles. The van der Waals surface area contributed by atoms with Crippen LogP contribution in [0, 0.1) is 6.92 Å². The van der Waals surface area contributed by atoms with Gasteiger partial charge >= 0.3 is 0 Å². The summed E-state index contributed by atoms with van der Waals surface area (Å²) in [4.78, 5) is 13.3. The summed E-state index contributed by atoms with van der Waals surface area (Å²) in [7, 11) is -3.99. The number of aromatic nitrogens is 1. The summed E-state index contributed by atoms with van der Waals surface area (Å²) in [5.74, 6) is -0.369. The molecule has 0 fully saturated rings. The highest BCUT2D eigenvalue weighted by atomic mass is 35.5. The van der Waals surface area contributed by atoms with Crippen LogP contribution >= 0.6 is 11.6 Å². The molecular formula is C22H16ClNO3S. The number of ketones is 1. The van der Waals surface area contributed by atoms with Gasteiger partial charge in [-0.2, -0.15) is 0 Å². The molecule has 0 amide bonds. The Balaban J connectivity index is 2.01. The molecule has 0 bridgehead atoms. The zero-order chi connectivity index (χ0) is 19.9. The average molecular weight is 410 g/mol. The molecule has 140 valence electrons. The number of nitrogens with zero attached hydrogens (tertiary/aromatic N) is 1. The average Bonchev–Trinajstić information content (AvgIpc) is 3.08. The highest BCUT2D eigenvalue weighted by Crippen LogP contribution is 2.29. The van der Waals surface area contributed by atoms with Crippen molar-refractivity contribution in [3.8, 4) is 0 Å². The second kappa shape index (κ2) is 6.93. The quantitative estimate of drug-likeness (QED) is 0.442. The topological polar surface area (TPSA) is 56.1 Å². The molecule has 0 radical (unpaired) electrons. The van der Waals surface area contributed by atoms with E-state index in [4.69, 9.17) is 11.6 Å². The molecule has 4 rings (SSSR count). The molecular weight excluding hydrogens is 394 g/mol. The monoisotopic (exact) mass is 409 g/mol. The van der Waals surface area contributed by atoms with Crippen LogP contribution in [0.15, 0.2) is 83.8 Å². The molecule has 0 aliphatic heterocycles. The minimum absolute atomic E-state index is 0.0740. The van der Waals surface area contributed by atoms with Gasteiger partial charge in [0.1, 0.15) is 5.69 Å². The van der Waals surface area contributed by atoms with Crippen LogP contribution < -0.4 is 0 Å². The largest absolute Gasteiger partial charge is 0.287 e. The molecule has 1 aromatic heterocycles. The first-order valence-corrected chi connectivity index (χ1v) is 10.4. The molecule has 0 N–H and O–H groups in total. The van der Waals surface area contributed by atoms with E-state index in [0.29, 0.717) is 21.5 Å². The molecule has 28 heavy (non-hydrogen) atoms. The van der Waals surface area contributed by atoms with Gasteiger partial charge in [0.25, 0.3) is 10.0 Å². The van der Waals surface area contributed by atoms with Crippen molar-refractivity contribution in [1.29, 1.82) is 0 Å². The van der Waals surface area contributed by atoms with Crippen LogP contribution in [-0.2, 0) is 10.0 Å². The first kappa shape index (κ1) is 18.5. The highest BCUT2D eigenvalue weighted by Gasteiger charge is 2.27. The summed E-state index contributed by atoms with van der Waals surface area (Å²) >= 11 is 6.12. The van der Waals surface area contributed by atoms with Crippen molar-refractivity contribution >= 4 is 38.3 Å². The molecule has 6 heteroatoms. The summed E-state index contributed by atoms with van der Waals surface area (Å²) in [6, 6.07) is 21.6. The number of hydrogen-bond donors (Lipinski definition) is 0. The van der Waals surface area contributed by atoms with Gasteiger partial charge in [0.05, 0.1) is 10.4 Å². The maximum Gasteiger partial charge on any atom is 0.268 e. The van der Waals surface area contributed by atoms with Crippen LogP contribution in [0.1, 0.15) is 21.6 Å². The van der Waals surface area contributed by atoms with E-state index in [1.165, 1.54) is 12.1 Å². The standard InChI is InChI=1S/C22H16ClNO3S/c1-15-7-9-16(10-8-15)22(25)21-13-17-11-12-18(23)14-20(17)24(21)28(26,27)19-5-3-2-4-6-19/h2-14H,1H3. The van der Waals surface area contributed by atoms with Crippen molar-refractivity contribution < 1.29 is 13.2 Å². The molecule has 1 heterocycles. The fourth-order valence-corrected chi connectivity index (χ4v) is 4.81. The van der Waals surface area contributed by atoms with Crippen LogP contribution in [-0.4, -0.2) is 18.2 Å². The Kier molecular flexibility index (Phi) is 4.57. The van der Waals surface area contributed by atoms with Crippen LogP contribution in [0.4, 0.5) is 0 Å². The molecule has 0 spiro atoms. The molecule has 4 nitrogen and oxygen atoms in total. The van der Waals surface area contributed by atoms with E-state index in [2.05, 4.69) is 0 Å². The lowest BCUT2D eigenvalue weighted by Gasteiger charge is -2.12. The Labute approximate surface area is 168 Å². The minimum atomic E-state index is -3.99. The zero-order valence-corrected chi connectivity index (χ0v) is 16.5. The van der Waals surface area contributed by atoms with E-state index in [-0.39, 0.29) is 16.4 Å². The van der Waals surface area contributed by atoms with Crippen molar-refractivity contribution in [2.45, 2.75) is 11.8 Å². The van der Waals surface area contributed by atoms with Crippen molar-refractivity contribution in [1.82, 2.24) is 3.97 Å². The maximum atomic E-state index is 13.4. The van der Waals surface area contributed by atoms with Crippen molar-refractivity contribution in [2.75, 3.05) is 0 Å². The number of aryl methyl sites for hydroxylation is 1. The number of halogens is 1. The Morgan fingerprint density at radius 2 is 1.57 bits per heavy atom. The Hall–Kier alpha value is -2.89. The van der Waals surface area contributed by atoms with Gasteiger partial charge in [0, 0.05) is 16.0 Å². The number of hydrogen-bond acceptors (Lipinski definition) is 3. The fraction of sp³-hybridized carbons (Fsp3) is 0.0455. The summed E-state index contributed by atoms with van der Waals surface area (Å²) in [5, 5.41) is 1.02. The van der Waals surface area contributed by atoms with E-state index < -0.39 is 10.0 Å². The minimum Gasteiger partial charge on any atom is -0.287 e. The Morgan fingerprint density at radius 1 is 0.893 bits per heavy atom. The number of carbonyl (C=O) groups is 1. The van der Waals surface area contributed by atoms with Gasteiger partial charge in [0.2, 0.25) is 5.78 Å². The van der Waals surface area contributed by atoms with Crippen LogP contribution in [0.2, 0.25) is 5.02 Å². The molecule has 0 atom stereocenters. The van der Waals surface area contributed by atoms with E-state index in [9.17, 15) is 13.2 Å². The fourth-order valence-electron chi connectivity index (χ4n) is 3.12. The SMILES string of the molecule is Cc1ccc(C(=O)c2cc3ccc(Cl)cc3n2S(=O)(=O)c2ccccc2)cc1. The van der Waals surface area contributed by atoms with Gasteiger partial charge in [-0.05, 0) is 37.3 Å². The van der Waals surface area contributed by atoms with Gasteiger partial charge in [-0.15, -0.1) is 0 Å². The van der Waals surface area contributed by atoms with Gasteiger partial charge < -0.3 is 0 Å². The lowest BCUT2D eigenvalue weighted by atomic mass is 10.1. The molecule has 0 saturated carbocycles. The van der Waals surface area contributed by atoms with E-state index in [0.717, 1.165) is 9.54 Å². The predicted molar refractivity (Wildman–Crippen MR) is 111 cm³/mol. The summed E-state index contributed by atoms with van der Waals surface area (Å²) in [5.41, 5.74) is 1.88. The first-order chi connectivity index (χ1) is 13.4. The van der Waals surface area contributed by atoms with Crippen molar-refractivity contribution in [2.24, 2.45) is 0 Å². The van der Waals surface area contributed by atoms with Gasteiger partial charge in [0.15, 0.2) is 0 Å². The maximum absolute atomic E-state index is 13.4. The third-order valence-electron chi connectivity index (χ3n) is 4.55. The number of carbonyl (C=O) groups excluding carboxylic acids is 1. The number of benzene rings is 3. The summed E-state index contributed by atoms with van der Waals surface area (Å²) in [6.07, 6.45) is 0. The summed E-state index contributed by atoms with van der Waals surface area (Å²) in [6.45, 7) is 1.92. The van der Waals surface area contributed by atoms with E-state index >= 15 is 0 Å². The lowest BCUT2D eigenvalue weighted by Crippen LogP contribution is -2.19. The second-order valence-electron chi connectivity index (χ2n) is 6.51. The molecule has 3 aromatic carbocycles. The summed E-state index contributed by atoms with van der Waals surface area (Å²) < 4.78 is 27.9.